The van der Waals surface area contributed by atoms with Crippen molar-refractivity contribution in [3.05, 3.63) is 30.3 Å². The molecule has 0 aliphatic heterocycles. The summed E-state index contributed by atoms with van der Waals surface area (Å²) in [6.07, 6.45) is -0.837. The number of aliphatic hydroxyl groups is 2. The third-order valence-corrected chi connectivity index (χ3v) is 1.45. The lowest BCUT2D eigenvalue weighted by molar-refractivity contribution is 0.0246. The molecule has 1 aromatic carbocycles. The molecule has 1 rings (SSSR count). The number of rotatable bonds is 5. The van der Waals surface area contributed by atoms with E-state index >= 15 is 0 Å². The van der Waals surface area contributed by atoms with Crippen LogP contribution in [0.3, 0.4) is 0 Å². The molecule has 4 heteroatoms. The van der Waals surface area contributed by atoms with Crippen LogP contribution in [-0.2, 0) is 4.84 Å². The van der Waals surface area contributed by atoms with Crippen LogP contribution in [-0.4, -0.2) is 29.5 Å². The first kappa shape index (κ1) is 9.98. The molecule has 0 heterocycles. The number of hydrogen-bond donors (Lipinski definition) is 3. The number of benzene rings is 1. The van der Waals surface area contributed by atoms with Crippen LogP contribution in [0.4, 0.5) is 5.69 Å². The van der Waals surface area contributed by atoms with E-state index in [4.69, 9.17) is 15.1 Å². The second-order valence-corrected chi connectivity index (χ2v) is 2.62. The lowest BCUT2D eigenvalue weighted by Gasteiger charge is -2.09. The van der Waals surface area contributed by atoms with Gasteiger partial charge in [-0.3, -0.25) is 10.3 Å². The van der Waals surface area contributed by atoms with Crippen LogP contribution in [0.5, 0.6) is 0 Å². The summed E-state index contributed by atoms with van der Waals surface area (Å²) in [4.78, 5) is 4.91. The molecule has 0 saturated carbocycles. The van der Waals surface area contributed by atoms with E-state index in [0.29, 0.717) is 0 Å². The van der Waals surface area contributed by atoms with E-state index in [0.717, 1.165) is 5.69 Å². The van der Waals surface area contributed by atoms with Gasteiger partial charge in [-0.25, -0.2) is 0 Å². The maximum atomic E-state index is 8.92. The first-order valence-corrected chi connectivity index (χ1v) is 4.04. The molecule has 0 saturated heterocycles. The zero-order valence-electron chi connectivity index (χ0n) is 7.18. The summed E-state index contributed by atoms with van der Waals surface area (Å²) in [5, 5.41) is 17.4. The van der Waals surface area contributed by atoms with E-state index in [9.17, 15) is 0 Å². The molecule has 0 aliphatic rings. The van der Waals surface area contributed by atoms with Crippen molar-refractivity contribution < 1.29 is 15.1 Å². The quantitative estimate of drug-likeness (QED) is 0.578. The number of nitrogens with one attached hydrogen (secondary N) is 1. The van der Waals surface area contributed by atoms with Gasteiger partial charge in [-0.15, -0.1) is 0 Å². The van der Waals surface area contributed by atoms with Crippen molar-refractivity contribution in [2.75, 3.05) is 18.7 Å². The average molecular weight is 183 g/mol. The lowest BCUT2D eigenvalue weighted by Crippen LogP contribution is -2.21. The second-order valence-electron chi connectivity index (χ2n) is 2.62. The van der Waals surface area contributed by atoms with Crippen LogP contribution in [0.2, 0.25) is 0 Å². The predicted molar refractivity (Wildman–Crippen MR) is 49.1 cm³/mol. The molecule has 0 amide bonds. The molecule has 0 spiro atoms. The maximum absolute atomic E-state index is 8.92. The van der Waals surface area contributed by atoms with Crippen LogP contribution in [0.15, 0.2) is 30.3 Å². The number of para-hydroxylation sites is 1. The molecule has 0 aromatic heterocycles. The van der Waals surface area contributed by atoms with E-state index in [2.05, 4.69) is 5.48 Å². The average Bonchev–Trinajstić information content (AvgIpc) is 2.19. The fourth-order valence-electron chi connectivity index (χ4n) is 0.780. The van der Waals surface area contributed by atoms with E-state index in [-0.39, 0.29) is 13.2 Å². The Hall–Kier alpha value is -1.10. The van der Waals surface area contributed by atoms with Crippen LogP contribution >= 0.6 is 0 Å². The van der Waals surface area contributed by atoms with Gasteiger partial charge in [0.25, 0.3) is 0 Å². The Morgan fingerprint density at radius 2 is 2.00 bits per heavy atom. The van der Waals surface area contributed by atoms with E-state index in [1.54, 1.807) is 0 Å². The summed E-state index contributed by atoms with van der Waals surface area (Å²) < 4.78 is 0. The summed E-state index contributed by atoms with van der Waals surface area (Å²) in [7, 11) is 0. The molecule has 13 heavy (non-hydrogen) atoms. The Kier molecular flexibility index (Phi) is 4.25. The van der Waals surface area contributed by atoms with E-state index in [1.165, 1.54) is 0 Å². The number of hydrogen-bond acceptors (Lipinski definition) is 4. The third kappa shape index (κ3) is 3.89. The lowest BCUT2D eigenvalue weighted by atomic mass is 10.3. The van der Waals surface area contributed by atoms with E-state index in [1.807, 2.05) is 30.3 Å². The minimum Gasteiger partial charge on any atom is -0.394 e. The van der Waals surface area contributed by atoms with Crippen LogP contribution in [0.25, 0.3) is 0 Å². The van der Waals surface area contributed by atoms with Crippen molar-refractivity contribution in [3.8, 4) is 0 Å². The van der Waals surface area contributed by atoms with Crippen molar-refractivity contribution in [2.45, 2.75) is 6.10 Å². The number of anilines is 1. The van der Waals surface area contributed by atoms with Gasteiger partial charge in [-0.05, 0) is 12.1 Å². The minimum atomic E-state index is -0.837. The van der Waals surface area contributed by atoms with Crippen LogP contribution in [0, 0.1) is 0 Å². The molecule has 4 nitrogen and oxygen atoms in total. The molecule has 0 aliphatic carbocycles. The molecule has 1 atom stereocenters. The summed E-state index contributed by atoms with van der Waals surface area (Å²) in [5.41, 5.74) is 3.45. The normalized spacial score (nSPS) is 12.5. The standard InChI is InChI=1S/C9H13NO3/c11-6-9(12)7-13-10-8-4-2-1-3-5-8/h1-5,9-12H,6-7H2. The fraction of sp³-hybridized carbons (Fsp3) is 0.333. The molecule has 0 bridgehead atoms. The van der Waals surface area contributed by atoms with Crippen molar-refractivity contribution in [1.82, 2.24) is 0 Å². The molecule has 0 fully saturated rings. The van der Waals surface area contributed by atoms with Gasteiger partial charge in [0.05, 0.1) is 12.3 Å². The zero-order valence-corrected chi connectivity index (χ0v) is 7.18. The minimum absolute atomic E-state index is 0.0609. The van der Waals surface area contributed by atoms with Gasteiger partial charge >= 0.3 is 0 Å². The highest BCUT2D eigenvalue weighted by molar-refractivity contribution is 5.39. The van der Waals surface area contributed by atoms with Gasteiger partial charge in [0.1, 0.15) is 12.7 Å². The Labute approximate surface area is 76.7 Å². The molecule has 1 unspecified atom stereocenters. The smallest absolute Gasteiger partial charge is 0.103 e. The first-order chi connectivity index (χ1) is 6.33. The monoisotopic (exact) mass is 183 g/mol. The van der Waals surface area contributed by atoms with Gasteiger partial charge in [-0.2, -0.15) is 0 Å². The first-order valence-electron chi connectivity index (χ1n) is 4.04. The largest absolute Gasteiger partial charge is 0.394 e. The van der Waals surface area contributed by atoms with E-state index < -0.39 is 6.10 Å². The second kappa shape index (κ2) is 5.53. The predicted octanol–water partition coefficient (Wildman–Crippen LogP) is 0.383. The van der Waals surface area contributed by atoms with Gasteiger partial charge in [-0.1, -0.05) is 18.2 Å². The zero-order chi connectivity index (χ0) is 9.52. The summed E-state index contributed by atoms with van der Waals surface area (Å²) in [5.74, 6) is 0. The third-order valence-electron chi connectivity index (χ3n) is 1.45. The van der Waals surface area contributed by atoms with Crippen molar-refractivity contribution in [2.24, 2.45) is 0 Å². The van der Waals surface area contributed by atoms with Gasteiger partial charge in [0, 0.05) is 0 Å². The molecule has 72 valence electrons. The van der Waals surface area contributed by atoms with Gasteiger partial charge < -0.3 is 10.2 Å². The SMILES string of the molecule is OCC(O)CONc1ccccc1. The van der Waals surface area contributed by atoms with Crippen molar-refractivity contribution >= 4 is 5.69 Å². The summed E-state index contributed by atoms with van der Waals surface area (Å²) in [6, 6.07) is 9.31. The number of aliphatic hydroxyl groups excluding tert-OH is 2. The highest BCUT2D eigenvalue weighted by Gasteiger charge is 2.00. The molecule has 3 N–H and O–H groups in total. The van der Waals surface area contributed by atoms with Crippen molar-refractivity contribution in [3.63, 3.8) is 0 Å². The fourth-order valence-corrected chi connectivity index (χ4v) is 0.780. The summed E-state index contributed by atoms with van der Waals surface area (Å²) in [6.45, 7) is -0.234. The molecular formula is C9H13NO3. The van der Waals surface area contributed by atoms with Gasteiger partial charge in [0.2, 0.25) is 0 Å². The Balaban J connectivity index is 2.20. The Morgan fingerprint density at radius 3 is 2.62 bits per heavy atom. The highest BCUT2D eigenvalue weighted by atomic mass is 16.6. The summed E-state index contributed by atoms with van der Waals surface area (Å²) >= 11 is 0. The highest BCUT2D eigenvalue weighted by Crippen LogP contribution is 2.04. The Bertz CT molecular complexity index is 228. The Morgan fingerprint density at radius 1 is 1.31 bits per heavy atom. The van der Waals surface area contributed by atoms with Gasteiger partial charge in [0.15, 0.2) is 0 Å². The topological polar surface area (TPSA) is 61.7 Å². The van der Waals surface area contributed by atoms with Crippen LogP contribution in [0.1, 0.15) is 0 Å². The maximum Gasteiger partial charge on any atom is 0.103 e. The molecular weight excluding hydrogens is 170 g/mol. The molecule has 0 radical (unpaired) electrons. The van der Waals surface area contributed by atoms with Crippen LogP contribution < -0.4 is 5.48 Å². The molecule has 1 aromatic rings. The van der Waals surface area contributed by atoms with Crippen molar-refractivity contribution in [1.29, 1.82) is 0 Å².